The smallest absolute Gasteiger partial charge is 0.329 e. The predicted molar refractivity (Wildman–Crippen MR) is 61.3 cm³/mol. The zero-order chi connectivity index (χ0) is 12.8. The number of hydrogen-bond donors (Lipinski definition) is 2. The number of aliphatic hydroxyl groups is 1. The summed E-state index contributed by atoms with van der Waals surface area (Å²) in [7, 11) is 1.30. The molecule has 0 aromatic rings. The van der Waals surface area contributed by atoms with Crippen LogP contribution in [0.2, 0.25) is 0 Å². The molecule has 1 heterocycles. The van der Waals surface area contributed by atoms with Crippen LogP contribution in [-0.4, -0.2) is 60.8 Å². The highest BCUT2D eigenvalue weighted by Crippen LogP contribution is 2.16. The Morgan fingerprint density at radius 2 is 2.29 bits per heavy atom. The molecule has 1 fully saturated rings. The summed E-state index contributed by atoms with van der Waals surface area (Å²) in [6.45, 7) is 2.66. The second kappa shape index (κ2) is 6.56. The first-order valence-electron chi connectivity index (χ1n) is 5.78. The molecular weight excluding hydrogens is 224 g/mol. The number of nitrogens with zero attached hydrogens (tertiary/aromatic N) is 1. The van der Waals surface area contributed by atoms with E-state index in [4.69, 9.17) is 0 Å². The van der Waals surface area contributed by atoms with Crippen molar-refractivity contribution < 1.29 is 19.4 Å². The molecule has 1 saturated heterocycles. The van der Waals surface area contributed by atoms with Gasteiger partial charge in [-0.3, -0.25) is 9.69 Å². The van der Waals surface area contributed by atoms with Crippen LogP contribution in [0.25, 0.3) is 0 Å². The fourth-order valence-electron chi connectivity index (χ4n) is 2.14. The highest BCUT2D eigenvalue weighted by atomic mass is 16.5. The molecule has 1 rings (SSSR count). The molecule has 0 aliphatic carbocycles. The molecule has 1 amide bonds. The van der Waals surface area contributed by atoms with Crippen molar-refractivity contribution in [1.82, 2.24) is 10.2 Å². The SMILES string of the molecule is COC(=O)C(CN1CCCC1CO)NC(C)=O. The van der Waals surface area contributed by atoms with E-state index in [0.717, 1.165) is 19.4 Å². The Hall–Kier alpha value is -1.14. The van der Waals surface area contributed by atoms with Gasteiger partial charge >= 0.3 is 5.97 Å². The number of carbonyl (C=O) groups is 2. The minimum absolute atomic E-state index is 0.0773. The summed E-state index contributed by atoms with van der Waals surface area (Å²) >= 11 is 0. The average Bonchev–Trinajstić information content (AvgIpc) is 2.73. The predicted octanol–water partition coefficient (Wildman–Crippen LogP) is -0.879. The van der Waals surface area contributed by atoms with E-state index in [2.05, 4.69) is 10.1 Å². The Morgan fingerprint density at radius 3 is 2.82 bits per heavy atom. The van der Waals surface area contributed by atoms with E-state index in [1.54, 1.807) is 0 Å². The van der Waals surface area contributed by atoms with Gasteiger partial charge in [-0.1, -0.05) is 0 Å². The average molecular weight is 244 g/mol. The van der Waals surface area contributed by atoms with Crippen LogP contribution in [0.5, 0.6) is 0 Å². The Morgan fingerprint density at radius 1 is 1.59 bits per heavy atom. The molecule has 6 nitrogen and oxygen atoms in total. The lowest BCUT2D eigenvalue weighted by Gasteiger charge is -2.26. The van der Waals surface area contributed by atoms with Gasteiger partial charge < -0.3 is 15.2 Å². The third-order valence-corrected chi connectivity index (χ3v) is 2.99. The molecule has 2 unspecified atom stereocenters. The molecule has 1 aliphatic rings. The van der Waals surface area contributed by atoms with Gasteiger partial charge in [0, 0.05) is 19.5 Å². The first kappa shape index (κ1) is 13.9. The molecule has 17 heavy (non-hydrogen) atoms. The van der Waals surface area contributed by atoms with Gasteiger partial charge in [-0.25, -0.2) is 4.79 Å². The summed E-state index contributed by atoms with van der Waals surface area (Å²) in [5, 5.41) is 11.7. The summed E-state index contributed by atoms with van der Waals surface area (Å²) in [5.74, 6) is -0.719. The van der Waals surface area contributed by atoms with E-state index in [1.165, 1.54) is 14.0 Å². The highest BCUT2D eigenvalue weighted by Gasteiger charge is 2.29. The number of likely N-dealkylation sites (tertiary alicyclic amines) is 1. The standard InChI is InChI=1S/C11H20N2O4/c1-8(15)12-10(11(16)17-2)6-13-5-3-4-9(13)7-14/h9-10,14H,3-7H2,1-2H3,(H,12,15). The van der Waals surface area contributed by atoms with E-state index >= 15 is 0 Å². The first-order chi connectivity index (χ1) is 8.08. The second-order valence-corrected chi connectivity index (χ2v) is 4.25. The maximum atomic E-state index is 11.5. The molecule has 6 heteroatoms. The van der Waals surface area contributed by atoms with Crippen LogP contribution >= 0.6 is 0 Å². The number of rotatable bonds is 5. The van der Waals surface area contributed by atoms with Crippen molar-refractivity contribution in [2.75, 3.05) is 26.8 Å². The van der Waals surface area contributed by atoms with Crippen LogP contribution in [0.1, 0.15) is 19.8 Å². The number of nitrogens with one attached hydrogen (secondary N) is 1. The first-order valence-corrected chi connectivity index (χ1v) is 5.78. The number of hydrogen-bond acceptors (Lipinski definition) is 5. The summed E-state index contributed by atoms with van der Waals surface area (Å²) in [6.07, 6.45) is 1.92. The molecule has 0 spiro atoms. The minimum Gasteiger partial charge on any atom is -0.467 e. The number of methoxy groups -OCH3 is 1. The van der Waals surface area contributed by atoms with Crippen molar-refractivity contribution in [2.24, 2.45) is 0 Å². The number of carbonyl (C=O) groups excluding carboxylic acids is 2. The fraction of sp³-hybridized carbons (Fsp3) is 0.818. The maximum Gasteiger partial charge on any atom is 0.329 e. The van der Waals surface area contributed by atoms with Gasteiger partial charge in [0.2, 0.25) is 5.91 Å². The van der Waals surface area contributed by atoms with Crippen LogP contribution in [-0.2, 0) is 14.3 Å². The lowest BCUT2D eigenvalue weighted by atomic mass is 10.2. The second-order valence-electron chi connectivity index (χ2n) is 4.25. The third-order valence-electron chi connectivity index (χ3n) is 2.99. The molecule has 0 bridgehead atoms. The van der Waals surface area contributed by atoms with Gasteiger partial charge in [0.25, 0.3) is 0 Å². The Kier molecular flexibility index (Phi) is 5.37. The monoisotopic (exact) mass is 244 g/mol. The van der Waals surface area contributed by atoms with E-state index in [-0.39, 0.29) is 18.6 Å². The number of esters is 1. The Labute approximate surface area is 101 Å². The third kappa shape index (κ3) is 3.98. The molecule has 0 aromatic carbocycles. The molecule has 2 atom stereocenters. The zero-order valence-electron chi connectivity index (χ0n) is 10.3. The molecule has 0 saturated carbocycles. The number of ether oxygens (including phenoxy) is 1. The summed E-state index contributed by atoms with van der Waals surface area (Å²) in [6, 6.07) is -0.583. The van der Waals surface area contributed by atoms with E-state index < -0.39 is 12.0 Å². The summed E-state index contributed by atoms with van der Waals surface area (Å²) < 4.78 is 4.65. The van der Waals surface area contributed by atoms with Gasteiger partial charge in [-0.2, -0.15) is 0 Å². The van der Waals surface area contributed by atoms with Crippen molar-refractivity contribution in [3.8, 4) is 0 Å². The maximum absolute atomic E-state index is 11.5. The topological polar surface area (TPSA) is 78.9 Å². The molecular formula is C11H20N2O4. The lowest BCUT2D eigenvalue weighted by Crippen LogP contribution is -2.50. The summed E-state index contributed by atoms with van der Waals surface area (Å²) in [5.41, 5.74) is 0. The van der Waals surface area contributed by atoms with Crippen molar-refractivity contribution >= 4 is 11.9 Å². The highest BCUT2D eigenvalue weighted by molar-refractivity contribution is 5.83. The van der Waals surface area contributed by atoms with E-state index in [9.17, 15) is 14.7 Å². The van der Waals surface area contributed by atoms with Crippen molar-refractivity contribution in [2.45, 2.75) is 31.8 Å². The molecule has 98 valence electrons. The van der Waals surface area contributed by atoms with Crippen LogP contribution < -0.4 is 5.32 Å². The van der Waals surface area contributed by atoms with Crippen molar-refractivity contribution in [3.63, 3.8) is 0 Å². The Bertz CT molecular complexity index is 283. The molecule has 0 aromatic heterocycles. The van der Waals surface area contributed by atoms with Crippen LogP contribution in [0.3, 0.4) is 0 Å². The van der Waals surface area contributed by atoms with Crippen molar-refractivity contribution in [1.29, 1.82) is 0 Å². The van der Waals surface area contributed by atoms with Gasteiger partial charge in [-0.15, -0.1) is 0 Å². The van der Waals surface area contributed by atoms with Crippen molar-refractivity contribution in [3.05, 3.63) is 0 Å². The fourth-order valence-corrected chi connectivity index (χ4v) is 2.14. The minimum atomic E-state index is -0.662. The van der Waals surface area contributed by atoms with E-state index in [0.29, 0.717) is 6.54 Å². The van der Waals surface area contributed by atoms with Gasteiger partial charge in [0.1, 0.15) is 6.04 Å². The van der Waals surface area contributed by atoms with Crippen LogP contribution in [0, 0.1) is 0 Å². The number of aliphatic hydroxyl groups excluding tert-OH is 1. The normalized spacial score (nSPS) is 22.2. The van der Waals surface area contributed by atoms with Gasteiger partial charge in [0.05, 0.1) is 13.7 Å². The molecule has 2 N–H and O–H groups in total. The zero-order valence-corrected chi connectivity index (χ0v) is 10.3. The summed E-state index contributed by atoms with van der Waals surface area (Å²) in [4.78, 5) is 24.5. The Balaban J connectivity index is 2.58. The van der Waals surface area contributed by atoms with Crippen LogP contribution in [0.4, 0.5) is 0 Å². The lowest BCUT2D eigenvalue weighted by molar-refractivity contribution is -0.145. The van der Waals surface area contributed by atoms with Gasteiger partial charge in [-0.05, 0) is 19.4 Å². The van der Waals surface area contributed by atoms with E-state index in [1.807, 2.05) is 4.90 Å². The van der Waals surface area contributed by atoms with Crippen LogP contribution in [0.15, 0.2) is 0 Å². The van der Waals surface area contributed by atoms with Gasteiger partial charge in [0.15, 0.2) is 0 Å². The largest absolute Gasteiger partial charge is 0.467 e. The number of amides is 1. The molecule has 0 radical (unpaired) electrons. The molecule has 1 aliphatic heterocycles. The quantitative estimate of drug-likeness (QED) is 0.614.